The molecule has 4 aromatic carbocycles. The standard InChI is InChI=1S/C32H33N5O/c1-3-4-5-6-23-38-32-21-19-31(20-22-32)37-36-30-17-15-27(16-18-30)33-24-26-9-13-29(14-10-26)35-34-28-11-7-25(2)8-12-28/h7-22,24H,3-6,23H2,1-2H3. The summed E-state index contributed by atoms with van der Waals surface area (Å²) in [4.78, 5) is 4.55. The number of ether oxygens (including phenoxy) is 1. The summed E-state index contributed by atoms with van der Waals surface area (Å²) in [6.07, 6.45) is 6.61. The fourth-order valence-electron chi connectivity index (χ4n) is 3.55. The van der Waals surface area contributed by atoms with E-state index in [0.717, 1.165) is 52.8 Å². The van der Waals surface area contributed by atoms with Crippen molar-refractivity contribution in [2.45, 2.75) is 39.5 Å². The van der Waals surface area contributed by atoms with Crippen molar-refractivity contribution in [2.24, 2.45) is 25.4 Å². The first-order valence-electron chi connectivity index (χ1n) is 13.1. The molecule has 38 heavy (non-hydrogen) atoms. The van der Waals surface area contributed by atoms with Gasteiger partial charge in [-0.15, -0.1) is 0 Å². The van der Waals surface area contributed by atoms with Gasteiger partial charge in [-0.3, -0.25) is 4.99 Å². The number of aryl methyl sites for hydroxylation is 1. The third-order valence-corrected chi connectivity index (χ3v) is 5.80. The Kier molecular flexibility index (Phi) is 10.0. The van der Waals surface area contributed by atoms with Crippen LogP contribution in [0.25, 0.3) is 0 Å². The quantitative estimate of drug-likeness (QED) is 0.108. The maximum absolute atomic E-state index is 5.78. The lowest BCUT2D eigenvalue weighted by molar-refractivity contribution is 0.305. The molecule has 0 fully saturated rings. The largest absolute Gasteiger partial charge is 0.494 e. The van der Waals surface area contributed by atoms with E-state index in [0.29, 0.717) is 0 Å². The van der Waals surface area contributed by atoms with E-state index in [4.69, 9.17) is 4.74 Å². The minimum Gasteiger partial charge on any atom is -0.494 e. The lowest BCUT2D eigenvalue weighted by atomic mass is 10.2. The van der Waals surface area contributed by atoms with Crippen molar-refractivity contribution >= 4 is 34.7 Å². The van der Waals surface area contributed by atoms with Gasteiger partial charge in [-0.2, -0.15) is 20.5 Å². The Bertz CT molecular complexity index is 1340. The van der Waals surface area contributed by atoms with E-state index in [9.17, 15) is 0 Å². The average Bonchev–Trinajstić information content (AvgIpc) is 2.96. The van der Waals surface area contributed by atoms with Crippen molar-refractivity contribution in [2.75, 3.05) is 6.61 Å². The summed E-state index contributed by atoms with van der Waals surface area (Å²) in [6.45, 7) is 5.01. The van der Waals surface area contributed by atoms with E-state index in [1.165, 1.54) is 24.8 Å². The first-order chi connectivity index (χ1) is 18.7. The Balaban J connectivity index is 1.26. The van der Waals surface area contributed by atoms with E-state index in [1.807, 2.05) is 110 Å². The summed E-state index contributed by atoms with van der Waals surface area (Å²) in [5.41, 5.74) is 6.20. The molecule has 4 aromatic rings. The van der Waals surface area contributed by atoms with Crippen LogP contribution in [-0.2, 0) is 0 Å². The normalized spacial score (nSPS) is 11.6. The second-order valence-electron chi connectivity index (χ2n) is 9.00. The Labute approximate surface area is 224 Å². The third-order valence-electron chi connectivity index (χ3n) is 5.80. The lowest BCUT2D eigenvalue weighted by Gasteiger charge is -2.05. The van der Waals surface area contributed by atoms with Crippen LogP contribution in [0.15, 0.2) is 123 Å². The van der Waals surface area contributed by atoms with E-state index < -0.39 is 0 Å². The van der Waals surface area contributed by atoms with Crippen molar-refractivity contribution in [1.82, 2.24) is 0 Å². The molecule has 0 heterocycles. The summed E-state index contributed by atoms with van der Waals surface area (Å²) in [5, 5.41) is 17.2. The molecule has 192 valence electrons. The van der Waals surface area contributed by atoms with Crippen LogP contribution in [0.1, 0.15) is 43.7 Å². The van der Waals surface area contributed by atoms with Crippen molar-refractivity contribution in [3.63, 3.8) is 0 Å². The maximum atomic E-state index is 5.78. The summed E-state index contributed by atoms with van der Waals surface area (Å²) in [6, 6.07) is 31.1. The molecule has 0 atom stereocenters. The van der Waals surface area contributed by atoms with Crippen molar-refractivity contribution in [3.05, 3.63) is 108 Å². The first-order valence-corrected chi connectivity index (χ1v) is 13.1. The number of benzene rings is 4. The molecule has 6 nitrogen and oxygen atoms in total. The highest BCUT2D eigenvalue weighted by molar-refractivity contribution is 5.82. The highest BCUT2D eigenvalue weighted by Gasteiger charge is 1.97. The molecule has 0 aromatic heterocycles. The summed E-state index contributed by atoms with van der Waals surface area (Å²) in [7, 11) is 0. The van der Waals surface area contributed by atoms with Gasteiger partial charge < -0.3 is 4.74 Å². The smallest absolute Gasteiger partial charge is 0.119 e. The molecule has 0 saturated carbocycles. The van der Waals surface area contributed by atoms with Crippen LogP contribution in [0.4, 0.5) is 28.4 Å². The first kappa shape index (κ1) is 26.6. The zero-order valence-electron chi connectivity index (χ0n) is 22.0. The van der Waals surface area contributed by atoms with Gasteiger partial charge in [0.15, 0.2) is 0 Å². The van der Waals surface area contributed by atoms with Gasteiger partial charge in [0.25, 0.3) is 0 Å². The molecule has 0 N–H and O–H groups in total. The van der Waals surface area contributed by atoms with Crippen LogP contribution in [0.5, 0.6) is 5.75 Å². The Morgan fingerprint density at radius 3 is 1.58 bits per heavy atom. The Hall–Kier alpha value is -4.45. The predicted molar refractivity (Wildman–Crippen MR) is 156 cm³/mol. The highest BCUT2D eigenvalue weighted by Crippen LogP contribution is 2.24. The molecule has 6 heteroatoms. The van der Waals surface area contributed by atoms with Gasteiger partial charge in [0.2, 0.25) is 0 Å². The molecule has 0 bridgehead atoms. The summed E-state index contributed by atoms with van der Waals surface area (Å²) in [5.74, 6) is 0.865. The molecular formula is C32H33N5O. The highest BCUT2D eigenvalue weighted by atomic mass is 16.5. The third kappa shape index (κ3) is 8.89. The lowest BCUT2D eigenvalue weighted by Crippen LogP contribution is -1.96. The average molecular weight is 504 g/mol. The van der Waals surface area contributed by atoms with Crippen LogP contribution in [-0.4, -0.2) is 12.8 Å². The number of nitrogens with zero attached hydrogens (tertiary/aromatic N) is 5. The van der Waals surface area contributed by atoms with Crippen molar-refractivity contribution < 1.29 is 4.74 Å². The summed E-state index contributed by atoms with van der Waals surface area (Å²) < 4.78 is 5.78. The number of azo groups is 2. The minimum atomic E-state index is 0.752. The molecule has 0 amide bonds. The minimum absolute atomic E-state index is 0.752. The Morgan fingerprint density at radius 2 is 1.03 bits per heavy atom. The molecule has 0 aliphatic heterocycles. The Morgan fingerprint density at radius 1 is 0.553 bits per heavy atom. The maximum Gasteiger partial charge on any atom is 0.119 e. The van der Waals surface area contributed by atoms with Gasteiger partial charge in [0.05, 0.1) is 35.0 Å². The number of unbranched alkanes of at least 4 members (excludes halogenated alkanes) is 3. The zero-order valence-corrected chi connectivity index (χ0v) is 22.0. The number of hydrogen-bond acceptors (Lipinski definition) is 6. The molecule has 0 spiro atoms. The van der Waals surface area contributed by atoms with Crippen molar-refractivity contribution in [1.29, 1.82) is 0 Å². The van der Waals surface area contributed by atoms with Crippen LogP contribution < -0.4 is 4.74 Å². The van der Waals surface area contributed by atoms with Gasteiger partial charge in [0.1, 0.15) is 5.75 Å². The van der Waals surface area contributed by atoms with E-state index >= 15 is 0 Å². The van der Waals surface area contributed by atoms with E-state index in [2.05, 4.69) is 32.4 Å². The van der Waals surface area contributed by atoms with Crippen LogP contribution in [0.3, 0.4) is 0 Å². The molecule has 0 saturated heterocycles. The molecule has 0 aliphatic carbocycles. The van der Waals surface area contributed by atoms with E-state index in [1.54, 1.807) is 0 Å². The van der Waals surface area contributed by atoms with Gasteiger partial charge in [0, 0.05) is 6.21 Å². The van der Waals surface area contributed by atoms with Gasteiger partial charge in [-0.05, 0) is 91.7 Å². The molecule has 0 aliphatic rings. The van der Waals surface area contributed by atoms with Crippen LogP contribution in [0.2, 0.25) is 0 Å². The number of rotatable bonds is 12. The van der Waals surface area contributed by atoms with Crippen LogP contribution in [0, 0.1) is 6.92 Å². The molecule has 4 rings (SSSR count). The monoisotopic (exact) mass is 503 g/mol. The number of aliphatic imine (C=N–C) groups is 1. The summed E-state index contributed by atoms with van der Waals surface area (Å²) >= 11 is 0. The van der Waals surface area contributed by atoms with Gasteiger partial charge in [-0.1, -0.05) is 56.0 Å². The number of hydrogen-bond donors (Lipinski definition) is 0. The fraction of sp³-hybridized carbons (Fsp3) is 0.219. The van der Waals surface area contributed by atoms with Gasteiger partial charge in [-0.25, -0.2) is 0 Å². The second kappa shape index (κ2) is 14.3. The SMILES string of the molecule is CCCCCCOc1ccc(N=Nc2ccc(N=Cc3ccc(N=Nc4ccc(C)cc4)cc3)cc2)cc1. The second-order valence-corrected chi connectivity index (χ2v) is 9.00. The van der Waals surface area contributed by atoms with Crippen molar-refractivity contribution in [3.8, 4) is 5.75 Å². The molecule has 0 unspecified atom stereocenters. The fourth-order valence-corrected chi connectivity index (χ4v) is 3.55. The van der Waals surface area contributed by atoms with Crippen LogP contribution >= 0.6 is 0 Å². The van der Waals surface area contributed by atoms with E-state index in [-0.39, 0.29) is 0 Å². The molecule has 0 radical (unpaired) electrons. The zero-order chi connectivity index (χ0) is 26.4. The molecular weight excluding hydrogens is 470 g/mol. The topological polar surface area (TPSA) is 71.0 Å². The van der Waals surface area contributed by atoms with Gasteiger partial charge >= 0.3 is 0 Å². The predicted octanol–water partition coefficient (Wildman–Crippen LogP) is 10.5.